The van der Waals surface area contributed by atoms with Crippen molar-refractivity contribution in [2.24, 2.45) is 5.92 Å². The molecule has 1 N–H and O–H groups in total. The number of amides is 1. The molecule has 0 saturated carbocycles. The van der Waals surface area contributed by atoms with E-state index >= 15 is 0 Å². The van der Waals surface area contributed by atoms with E-state index in [4.69, 9.17) is 4.74 Å². The number of carbonyl (C=O) groups excluding carboxylic acids is 2. The van der Waals surface area contributed by atoms with Crippen LogP contribution in [-0.4, -0.2) is 31.4 Å². The number of rotatable bonds is 7. The zero-order chi connectivity index (χ0) is 11.0. The first-order valence-corrected chi connectivity index (χ1v) is 4.95. The Bertz CT molecular complexity index is 190. The number of Topliss-reactive ketones (excluding diaryl/α,β-unsaturated/α-hetero) is 1. The molecule has 0 aliphatic carbocycles. The van der Waals surface area contributed by atoms with E-state index in [0.29, 0.717) is 6.61 Å². The van der Waals surface area contributed by atoms with Gasteiger partial charge in [-0.05, 0) is 6.42 Å². The van der Waals surface area contributed by atoms with Crippen molar-refractivity contribution in [1.29, 1.82) is 0 Å². The number of ketones is 1. The van der Waals surface area contributed by atoms with Gasteiger partial charge < -0.3 is 10.1 Å². The molecular weight excluding hydrogens is 182 g/mol. The molecule has 0 radical (unpaired) electrons. The number of hydrogen-bond acceptors (Lipinski definition) is 3. The minimum atomic E-state index is -0.229. The van der Waals surface area contributed by atoms with Gasteiger partial charge in [-0.1, -0.05) is 20.8 Å². The molecule has 0 bridgehead atoms. The Hall–Kier alpha value is -0.900. The standard InChI is InChI=1S/C10H19NO3/c1-4-5-14-7-10(13)11-6-9(12)8(2)3/h8H,4-7H2,1-3H3,(H,11,13). The van der Waals surface area contributed by atoms with E-state index in [0.717, 1.165) is 6.42 Å². The molecule has 0 heterocycles. The van der Waals surface area contributed by atoms with Gasteiger partial charge in [-0.15, -0.1) is 0 Å². The topological polar surface area (TPSA) is 55.4 Å². The third-order valence-corrected chi connectivity index (χ3v) is 1.69. The van der Waals surface area contributed by atoms with E-state index in [1.165, 1.54) is 0 Å². The highest BCUT2D eigenvalue weighted by molar-refractivity contribution is 5.87. The Labute approximate surface area is 85.0 Å². The summed E-state index contributed by atoms with van der Waals surface area (Å²) in [4.78, 5) is 22.2. The smallest absolute Gasteiger partial charge is 0.246 e. The molecule has 0 unspecified atom stereocenters. The molecule has 0 rings (SSSR count). The maximum atomic E-state index is 11.1. The molecular formula is C10H19NO3. The molecule has 82 valence electrons. The summed E-state index contributed by atoms with van der Waals surface area (Å²) < 4.78 is 5.01. The summed E-state index contributed by atoms with van der Waals surface area (Å²) in [6.07, 6.45) is 0.887. The zero-order valence-corrected chi connectivity index (χ0v) is 9.13. The molecule has 0 aromatic carbocycles. The van der Waals surface area contributed by atoms with E-state index in [2.05, 4.69) is 5.32 Å². The second-order valence-electron chi connectivity index (χ2n) is 3.45. The van der Waals surface area contributed by atoms with E-state index in [-0.39, 0.29) is 30.8 Å². The Morgan fingerprint density at radius 2 is 2.00 bits per heavy atom. The van der Waals surface area contributed by atoms with Crippen molar-refractivity contribution in [2.75, 3.05) is 19.8 Å². The van der Waals surface area contributed by atoms with E-state index in [9.17, 15) is 9.59 Å². The van der Waals surface area contributed by atoms with Crippen molar-refractivity contribution in [2.45, 2.75) is 27.2 Å². The maximum absolute atomic E-state index is 11.1. The highest BCUT2D eigenvalue weighted by atomic mass is 16.5. The molecule has 4 nitrogen and oxygen atoms in total. The van der Waals surface area contributed by atoms with Crippen LogP contribution in [0.25, 0.3) is 0 Å². The summed E-state index contributed by atoms with van der Waals surface area (Å²) in [7, 11) is 0. The molecule has 0 fully saturated rings. The van der Waals surface area contributed by atoms with Crippen LogP contribution in [0, 0.1) is 5.92 Å². The van der Waals surface area contributed by atoms with Gasteiger partial charge >= 0.3 is 0 Å². The molecule has 0 aromatic rings. The fourth-order valence-corrected chi connectivity index (χ4v) is 0.750. The summed E-state index contributed by atoms with van der Waals surface area (Å²) >= 11 is 0. The average molecular weight is 201 g/mol. The lowest BCUT2D eigenvalue weighted by Gasteiger charge is -2.06. The van der Waals surface area contributed by atoms with Crippen LogP contribution >= 0.6 is 0 Å². The van der Waals surface area contributed by atoms with Crippen molar-refractivity contribution in [3.8, 4) is 0 Å². The number of ether oxygens (including phenoxy) is 1. The van der Waals surface area contributed by atoms with E-state index < -0.39 is 0 Å². The summed E-state index contributed by atoms with van der Waals surface area (Å²) in [6.45, 7) is 6.31. The van der Waals surface area contributed by atoms with Crippen molar-refractivity contribution in [3.05, 3.63) is 0 Å². The maximum Gasteiger partial charge on any atom is 0.246 e. The third kappa shape index (κ3) is 6.60. The summed E-state index contributed by atoms with van der Waals surface area (Å²) in [5, 5.41) is 2.51. The zero-order valence-electron chi connectivity index (χ0n) is 9.13. The first kappa shape index (κ1) is 13.1. The van der Waals surface area contributed by atoms with Crippen LogP contribution in [0.3, 0.4) is 0 Å². The van der Waals surface area contributed by atoms with Crippen LogP contribution in [0.5, 0.6) is 0 Å². The number of nitrogens with one attached hydrogen (secondary N) is 1. The van der Waals surface area contributed by atoms with Crippen molar-refractivity contribution in [1.82, 2.24) is 5.32 Å². The minimum Gasteiger partial charge on any atom is -0.372 e. The van der Waals surface area contributed by atoms with Gasteiger partial charge in [0, 0.05) is 12.5 Å². The fourth-order valence-electron chi connectivity index (χ4n) is 0.750. The first-order valence-electron chi connectivity index (χ1n) is 4.95. The molecule has 0 atom stereocenters. The largest absolute Gasteiger partial charge is 0.372 e. The second-order valence-corrected chi connectivity index (χ2v) is 3.45. The number of carbonyl (C=O) groups is 2. The quantitative estimate of drug-likeness (QED) is 0.618. The SMILES string of the molecule is CCCOCC(=O)NCC(=O)C(C)C. The van der Waals surface area contributed by atoms with Crippen LogP contribution in [0.1, 0.15) is 27.2 Å². The van der Waals surface area contributed by atoms with Crippen molar-refractivity contribution < 1.29 is 14.3 Å². The Kier molecular flexibility index (Phi) is 7.02. The molecule has 4 heteroatoms. The molecule has 0 aromatic heterocycles. The van der Waals surface area contributed by atoms with E-state index in [1.807, 2.05) is 20.8 Å². The predicted molar refractivity (Wildman–Crippen MR) is 54.0 cm³/mol. The Morgan fingerprint density at radius 1 is 1.36 bits per heavy atom. The molecule has 0 aliphatic heterocycles. The highest BCUT2D eigenvalue weighted by Gasteiger charge is 2.08. The Morgan fingerprint density at radius 3 is 2.50 bits per heavy atom. The summed E-state index contributed by atoms with van der Waals surface area (Å²) in [5.41, 5.74) is 0. The molecule has 0 aliphatic rings. The van der Waals surface area contributed by atoms with Crippen LogP contribution < -0.4 is 5.32 Å². The summed E-state index contributed by atoms with van der Waals surface area (Å²) in [6, 6.07) is 0. The lowest BCUT2D eigenvalue weighted by Crippen LogP contribution is -2.34. The van der Waals surface area contributed by atoms with Gasteiger partial charge in [0.15, 0.2) is 5.78 Å². The first-order chi connectivity index (χ1) is 6.57. The van der Waals surface area contributed by atoms with E-state index in [1.54, 1.807) is 0 Å². The number of hydrogen-bond donors (Lipinski definition) is 1. The van der Waals surface area contributed by atoms with Gasteiger partial charge in [-0.2, -0.15) is 0 Å². The average Bonchev–Trinajstić information content (AvgIpc) is 2.14. The minimum absolute atomic E-state index is 0.0353. The highest BCUT2D eigenvalue weighted by Crippen LogP contribution is 1.91. The summed E-state index contributed by atoms with van der Waals surface area (Å²) in [5.74, 6) is -0.229. The Balaban J connectivity index is 3.49. The predicted octanol–water partition coefficient (Wildman–Crippen LogP) is 0.754. The molecule has 0 saturated heterocycles. The van der Waals surface area contributed by atoms with Crippen LogP contribution in [0.2, 0.25) is 0 Å². The van der Waals surface area contributed by atoms with Gasteiger partial charge in [0.1, 0.15) is 6.61 Å². The lowest BCUT2D eigenvalue weighted by atomic mass is 10.1. The van der Waals surface area contributed by atoms with Crippen LogP contribution in [0.15, 0.2) is 0 Å². The lowest BCUT2D eigenvalue weighted by molar-refractivity contribution is -0.129. The van der Waals surface area contributed by atoms with Gasteiger partial charge in [-0.25, -0.2) is 0 Å². The van der Waals surface area contributed by atoms with Crippen LogP contribution in [0.4, 0.5) is 0 Å². The van der Waals surface area contributed by atoms with Gasteiger partial charge in [0.25, 0.3) is 0 Å². The molecule has 1 amide bonds. The fraction of sp³-hybridized carbons (Fsp3) is 0.800. The third-order valence-electron chi connectivity index (χ3n) is 1.69. The van der Waals surface area contributed by atoms with Gasteiger partial charge in [0.2, 0.25) is 5.91 Å². The van der Waals surface area contributed by atoms with Crippen LogP contribution in [-0.2, 0) is 14.3 Å². The monoisotopic (exact) mass is 201 g/mol. The second kappa shape index (κ2) is 7.50. The molecule has 14 heavy (non-hydrogen) atoms. The van der Waals surface area contributed by atoms with Crippen molar-refractivity contribution in [3.63, 3.8) is 0 Å². The normalized spacial score (nSPS) is 10.3. The van der Waals surface area contributed by atoms with Gasteiger partial charge in [0.05, 0.1) is 6.54 Å². The van der Waals surface area contributed by atoms with Crippen molar-refractivity contribution >= 4 is 11.7 Å². The molecule has 0 spiro atoms. The van der Waals surface area contributed by atoms with Gasteiger partial charge in [-0.3, -0.25) is 9.59 Å².